The molecule has 1 unspecified atom stereocenters. The van der Waals surface area contributed by atoms with Gasteiger partial charge in [-0.15, -0.1) is 0 Å². The molecular weight excluding hydrogens is 461 g/mol. The van der Waals surface area contributed by atoms with Crippen LogP contribution in [0.4, 0.5) is 13.2 Å². The fourth-order valence-electron chi connectivity index (χ4n) is 5.22. The molecule has 1 aromatic carbocycles. The lowest BCUT2D eigenvalue weighted by molar-refractivity contribution is -0.192. The third kappa shape index (κ3) is 6.87. The van der Waals surface area contributed by atoms with Crippen LogP contribution in [0.1, 0.15) is 68.1 Å². The molecule has 1 aromatic heterocycles. The van der Waals surface area contributed by atoms with Gasteiger partial charge >= 0.3 is 12.1 Å². The lowest BCUT2D eigenvalue weighted by atomic mass is 9.73. The van der Waals surface area contributed by atoms with Crippen molar-refractivity contribution in [2.45, 2.75) is 76.6 Å². The van der Waals surface area contributed by atoms with Gasteiger partial charge in [0.15, 0.2) is 0 Å². The molecule has 0 radical (unpaired) electrons. The molecule has 2 heterocycles. The molecule has 2 N–H and O–H groups in total. The first-order valence-corrected chi connectivity index (χ1v) is 11.9. The topological polar surface area (TPSA) is 82.8 Å². The average Bonchev–Trinajstić information content (AvgIpc) is 3.30. The van der Waals surface area contributed by atoms with Crippen molar-refractivity contribution in [3.8, 4) is 0 Å². The summed E-state index contributed by atoms with van der Waals surface area (Å²) in [5.74, 6) is -0.196. The van der Waals surface area contributed by atoms with Crippen LogP contribution in [0.3, 0.4) is 0 Å². The number of carboxylic acids is 1. The summed E-state index contributed by atoms with van der Waals surface area (Å²) in [7, 11) is 0. The van der Waals surface area contributed by atoms with Crippen LogP contribution in [0.2, 0.25) is 0 Å². The van der Waals surface area contributed by atoms with Crippen LogP contribution in [0.15, 0.2) is 40.8 Å². The number of hydrogen-bond acceptors (Lipinski definition) is 4. The smallest absolute Gasteiger partial charge is 0.475 e. The van der Waals surface area contributed by atoms with Gasteiger partial charge in [0.25, 0.3) is 0 Å². The predicted octanol–water partition coefficient (Wildman–Crippen LogP) is 5.16. The molecule has 35 heavy (non-hydrogen) atoms. The van der Waals surface area contributed by atoms with Crippen molar-refractivity contribution in [2.24, 2.45) is 0 Å². The summed E-state index contributed by atoms with van der Waals surface area (Å²) in [4.78, 5) is 23.8. The number of rotatable bonds is 5. The summed E-state index contributed by atoms with van der Waals surface area (Å²) in [6, 6.07) is 13.2. The Morgan fingerprint density at radius 3 is 2.34 bits per heavy atom. The Balaban J connectivity index is 0.000000429. The molecule has 2 aliphatic rings. The van der Waals surface area contributed by atoms with E-state index in [1.165, 1.54) is 11.1 Å². The van der Waals surface area contributed by atoms with Gasteiger partial charge in [0.1, 0.15) is 11.5 Å². The minimum Gasteiger partial charge on any atom is -0.475 e. The van der Waals surface area contributed by atoms with Crippen molar-refractivity contribution in [1.29, 1.82) is 0 Å². The van der Waals surface area contributed by atoms with E-state index in [4.69, 9.17) is 14.3 Å². The fourth-order valence-corrected chi connectivity index (χ4v) is 5.22. The molecule has 1 aliphatic carbocycles. The zero-order valence-corrected chi connectivity index (χ0v) is 20.3. The molecular formula is C26H33F3N2O4. The number of carbonyl (C=O) groups excluding carboxylic acids is 1. The van der Waals surface area contributed by atoms with E-state index < -0.39 is 12.1 Å². The maximum atomic E-state index is 12.4. The summed E-state index contributed by atoms with van der Waals surface area (Å²) in [6.07, 6.45) is -1.06. The maximum absolute atomic E-state index is 12.4. The van der Waals surface area contributed by atoms with Crippen LogP contribution in [0, 0.1) is 6.92 Å². The largest absolute Gasteiger partial charge is 0.490 e. The number of carboxylic acid groups (broad SMARTS) is 1. The molecule has 192 valence electrons. The van der Waals surface area contributed by atoms with Gasteiger partial charge in [0.2, 0.25) is 5.91 Å². The van der Waals surface area contributed by atoms with E-state index in [2.05, 4.69) is 40.5 Å². The van der Waals surface area contributed by atoms with E-state index in [9.17, 15) is 18.0 Å². The van der Waals surface area contributed by atoms with Gasteiger partial charge in [-0.25, -0.2) is 4.79 Å². The highest BCUT2D eigenvalue weighted by molar-refractivity contribution is 5.77. The normalized spacial score (nSPS) is 19.2. The molecule has 1 atom stereocenters. The number of fused-ring (bicyclic) bond motifs is 2. The molecule has 0 bridgehead atoms. The Labute approximate surface area is 203 Å². The van der Waals surface area contributed by atoms with Crippen molar-refractivity contribution in [1.82, 2.24) is 10.2 Å². The molecule has 9 heteroatoms. The first kappa shape index (κ1) is 26.8. The van der Waals surface area contributed by atoms with E-state index in [1.807, 2.05) is 26.8 Å². The van der Waals surface area contributed by atoms with Gasteiger partial charge < -0.3 is 14.8 Å². The lowest BCUT2D eigenvalue weighted by Gasteiger charge is -2.40. The third-order valence-corrected chi connectivity index (χ3v) is 6.72. The van der Waals surface area contributed by atoms with Gasteiger partial charge in [0, 0.05) is 12.5 Å². The summed E-state index contributed by atoms with van der Waals surface area (Å²) in [6.45, 7) is 9.11. The molecule has 2 aromatic rings. The van der Waals surface area contributed by atoms with Crippen molar-refractivity contribution in [2.75, 3.05) is 13.1 Å². The Morgan fingerprint density at radius 1 is 1.17 bits per heavy atom. The standard InChI is InChI=1S/C24H32N2O2.C2HF3O2/c1-17(2)25-23(27)14-19-15-24(22-7-5-4-6-21(19)22)10-12-26(13-11-24)16-20-9-8-18(3)28-20;3-2(4,5)1(6)7/h4-9,17,19H,10-16H2,1-3H3,(H,25,27);(H,6,7). The average molecular weight is 495 g/mol. The second-order valence-electron chi connectivity index (χ2n) is 9.79. The second kappa shape index (κ2) is 10.8. The van der Waals surface area contributed by atoms with Crippen LogP contribution in [-0.2, 0) is 21.5 Å². The van der Waals surface area contributed by atoms with Crippen LogP contribution >= 0.6 is 0 Å². The van der Waals surface area contributed by atoms with Crippen LogP contribution in [0.5, 0.6) is 0 Å². The minimum absolute atomic E-state index is 0.178. The number of nitrogens with zero attached hydrogens (tertiary/aromatic N) is 1. The number of aryl methyl sites for hydroxylation is 1. The van der Waals surface area contributed by atoms with Gasteiger partial charge in [-0.2, -0.15) is 13.2 Å². The van der Waals surface area contributed by atoms with Gasteiger partial charge in [-0.3, -0.25) is 9.69 Å². The van der Waals surface area contributed by atoms with E-state index >= 15 is 0 Å². The Morgan fingerprint density at radius 2 is 1.80 bits per heavy atom. The number of benzene rings is 1. The third-order valence-electron chi connectivity index (χ3n) is 6.72. The van der Waals surface area contributed by atoms with E-state index in [0.29, 0.717) is 12.3 Å². The quantitative estimate of drug-likeness (QED) is 0.600. The van der Waals surface area contributed by atoms with Crippen molar-refractivity contribution >= 4 is 11.9 Å². The number of nitrogens with one attached hydrogen (secondary N) is 1. The van der Waals surface area contributed by atoms with Gasteiger partial charge in [-0.1, -0.05) is 24.3 Å². The molecule has 4 rings (SSSR count). The summed E-state index contributed by atoms with van der Waals surface area (Å²) < 4.78 is 37.5. The first-order chi connectivity index (χ1) is 16.4. The number of alkyl halides is 3. The highest BCUT2D eigenvalue weighted by Crippen LogP contribution is 2.52. The molecule has 0 saturated carbocycles. The fraction of sp³-hybridized carbons (Fsp3) is 0.538. The number of halogens is 3. The molecule has 1 aliphatic heterocycles. The predicted molar refractivity (Wildman–Crippen MR) is 125 cm³/mol. The summed E-state index contributed by atoms with van der Waals surface area (Å²) in [5, 5.41) is 10.2. The van der Waals surface area contributed by atoms with Crippen LogP contribution < -0.4 is 5.32 Å². The second-order valence-corrected chi connectivity index (χ2v) is 9.79. The zero-order valence-electron chi connectivity index (χ0n) is 20.3. The molecule has 1 amide bonds. The van der Waals surface area contributed by atoms with Gasteiger partial charge in [0.05, 0.1) is 6.54 Å². The van der Waals surface area contributed by atoms with Crippen molar-refractivity contribution < 1.29 is 32.3 Å². The SMILES string of the molecule is Cc1ccc(CN2CCC3(CC2)CC(CC(=O)NC(C)C)c2ccccc23)o1.O=C(O)C(F)(F)F. The van der Waals surface area contributed by atoms with E-state index in [0.717, 1.165) is 50.4 Å². The highest BCUT2D eigenvalue weighted by Gasteiger charge is 2.45. The van der Waals surface area contributed by atoms with Gasteiger partial charge in [-0.05, 0) is 87.7 Å². The summed E-state index contributed by atoms with van der Waals surface area (Å²) >= 11 is 0. The highest BCUT2D eigenvalue weighted by atomic mass is 19.4. The number of furan rings is 1. The first-order valence-electron chi connectivity index (χ1n) is 11.9. The van der Waals surface area contributed by atoms with E-state index in [-0.39, 0.29) is 17.4 Å². The van der Waals surface area contributed by atoms with E-state index in [1.54, 1.807) is 0 Å². The monoisotopic (exact) mass is 494 g/mol. The lowest BCUT2D eigenvalue weighted by Crippen LogP contribution is -2.41. The Hall–Kier alpha value is -2.81. The molecule has 1 saturated heterocycles. The van der Waals surface area contributed by atoms with Crippen molar-refractivity contribution in [3.05, 3.63) is 59.0 Å². The van der Waals surface area contributed by atoms with Crippen molar-refractivity contribution in [3.63, 3.8) is 0 Å². The van der Waals surface area contributed by atoms with Crippen LogP contribution in [0.25, 0.3) is 0 Å². The number of aliphatic carboxylic acids is 1. The number of piperidine rings is 1. The molecule has 6 nitrogen and oxygen atoms in total. The molecule has 1 spiro atoms. The number of hydrogen-bond donors (Lipinski definition) is 2. The summed E-state index contributed by atoms with van der Waals surface area (Å²) in [5.41, 5.74) is 3.12. The number of carbonyl (C=O) groups is 2. The molecule has 1 fully saturated rings. The van der Waals surface area contributed by atoms with Crippen LogP contribution in [-0.4, -0.2) is 47.2 Å². The maximum Gasteiger partial charge on any atom is 0.490 e. The zero-order chi connectivity index (χ0) is 25.8. The number of likely N-dealkylation sites (tertiary alicyclic amines) is 1. The Kier molecular flexibility index (Phi) is 8.30. The minimum atomic E-state index is -5.08. The number of amides is 1. The Bertz CT molecular complexity index is 1020.